The number of nitrogens with one attached hydrogen (secondary N) is 1. The van der Waals surface area contributed by atoms with Crippen molar-refractivity contribution in [3.63, 3.8) is 0 Å². The molecule has 3 aromatic carbocycles. The number of carbonyl (C=O) groups excluding carboxylic acids is 1. The topological polar surface area (TPSA) is 38.3 Å². The summed E-state index contributed by atoms with van der Waals surface area (Å²) >= 11 is 6.45. The first-order valence-corrected chi connectivity index (χ1v) is 10.4. The molecule has 1 saturated carbocycles. The van der Waals surface area contributed by atoms with Crippen LogP contribution in [0.25, 0.3) is 0 Å². The van der Waals surface area contributed by atoms with Crippen molar-refractivity contribution in [2.75, 3.05) is 5.32 Å². The third kappa shape index (κ3) is 4.30. The van der Waals surface area contributed by atoms with E-state index in [2.05, 4.69) is 5.32 Å². The fraction of sp³-hybridized carbons (Fsp3) is 0.240. The lowest BCUT2D eigenvalue weighted by Crippen LogP contribution is -2.38. The molecule has 3 aromatic rings. The van der Waals surface area contributed by atoms with Crippen molar-refractivity contribution in [2.45, 2.75) is 37.7 Å². The summed E-state index contributed by atoms with van der Waals surface area (Å²) in [6.45, 7) is 0.516. The van der Waals surface area contributed by atoms with Gasteiger partial charge in [0.15, 0.2) is 0 Å². The summed E-state index contributed by atoms with van der Waals surface area (Å²) in [6.07, 6.45) is 3.71. The number of rotatable bonds is 6. The molecule has 1 aliphatic carbocycles. The zero-order valence-corrected chi connectivity index (χ0v) is 17.0. The Balaban J connectivity index is 1.45. The minimum absolute atomic E-state index is 0.0149. The van der Waals surface area contributed by atoms with Crippen LogP contribution in [0.2, 0.25) is 5.02 Å². The molecule has 1 amide bonds. The maximum absolute atomic E-state index is 13.3. The Kier molecular flexibility index (Phi) is 5.86. The highest BCUT2D eigenvalue weighted by molar-refractivity contribution is 6.31. The lowest BCUT2D eigenvalue weighted by Gasteiger charge is -2.29. The molecule has 0 bridgehead atoms. The van der Waals surface area contributed by atoms with E-state index >= 15 is 0 Å². The maximum atomic E-state index is 13.3. The van der Waals surface area contributed by atoms with E-state index in [0.29, 0.717) is 11.6 Å². The quantitative estimate of drug-likeness (QED) is 0.517. The van der Waals surface area contributed by atoms with Crippen LogP contribution in [0.5, 0.6) is 5.75 Å². The third-order valence-corrected chi connectivity index (χ3v) is 5.97. The summed E-state index contributed by atoms with van der Waals surface area (Å²) in [5, 5.41) is 3.76. The maximum Gasteiger partial charge on any atom is 0.235 e. The number of anilines is 1. The van der Waals surface area contributed by atoms with Crippen LogP contribution in [0.3, 0.4) is 0 Å². The summed E-state index contributed by atoms with van der Waals surface area (Å²) in [7, 11) is 0. The molecule has 0 aliphatic heterocycles. The molecule has 1 aliphatic rings. The van der Waals surface area contributed by atoms with E-state index in [1.807, 2.05) is 78.9 Å². The number of ether oxygens (including phenoxy) is 1. The molecule has 148 valence electrons. The van der Waals surface area contributed by atoms with E-state index < -0.39 is 5.41 Å². The Morgan fingerprint density at radius 1 is 0.897 bits per heavy atom. The standard InChI is InChI=1S/C25H24ClNO2/c26-23-11-5-4-10-22(23)25(16-6-7-17-25)24(28)27-20-12-14-21(15-13-20)29-18-19-8-2-1-3-9-19/h1-5,8-15H,6-7,16-18H2,(H,27,28). The summed E-state index contributed by atoms with van der Waals surface area (Å²) in [6, 6.07) is 25.3. The molecule has 0 aromatic heterocycles. The fourth-order valence-corrected chi connectivity index (χ4v) is 4.39. The first-order chi connectivity index (χ1) is 14.2. The molecule has 0 unspecified atom stereocenters. The van der Waals surface area contributed by atoms with Gasteiger partial charge in [-0.3, -0.25) is 4.79 Å². The van der Waals surface area contributed by atoms with Crippen LogP contribution >= 0.6 is 11.6 Å². The number of benzene rings is 3. The molecule has 3 nitrogen and oxygen atoms in total. The number of amides is 1. The van der Waals surface area contributed by atoms with Crippen LogP contribution in [-0.2, 0) is 16.8 Å². The number of halogens is 1. The molecule has 1 N–H and O–H groups in total. The van der Waals surface area contributed by atoms with E-state index in [4.69, 9.17) is 16.3 Å². The number of hydrogen-bond acceptors (Lipinski definition) is 2. The van der Waals surface area contributed by atoms with Gasteiger partial charge in [0.05, 0.1) is 5.41 Å². The molecular weight excluding hydrogens is 382 g/mol. The van der Waals surface area contributed by atoms with Gasteiger partial charge in [-0.2, -0.15) is 0 Å². The molecular formula is C25H24ClNO2. The monoisotopic (exact) mass is 405 g/mol. The number of carbonyl (C=O) groups is 1. The van der Waals surface area contributed by atoms with Gasteiger partial charge < -0.3 is 10.1 Å². The molecule has 0 saturated heterocycles. The van der Waals surface area contributed by atoms with E-state index in [1.54, 1.807) is 0 Å². The molecule has 0 radical (unpaired) electrons. The highest BCUT2D eigenvalue weighted by Gasteiger charge is 2.43. The highest BCUT2D eigenvalue weighted by atomic mass is 35.5. The molecule has 4 rings (SSSR count). The Morgan fingerprint density at radius 2 is 1.55 bits per heavy atom. The Labute approximate surface area is 176 Å². The van der Waals surface area contributed by atoms with Crippen molar-refractivity contribution in [2.24, 2.45) is 0 Å². The van der Waals surface area contributed by atoms with E-state index in [-0.39, 0.29) is 5.91 Å². The van der Waals surface area contributed by atoms with E-state index in [1.165, 1.54) is 0 Å². The first kappa shape index (κ1) is 19.5. The molecule has 1 fully saturated rings. The van der Waals surface area contributed by atoms with Crippen LogP contribution in [0.4, 0.5) is 5.69 Å². The normalized spacial score (nSPS) is 15.1. The second-order valence-electron chi connectivity index (χ2n) is 7.52. The second-order valence-corrected chi connectivity index (χ2v) is 7.93. The van der Waals surface area contributed by atoms with Gasteiger partial charge in [0.1, 0.15) is 12.4 Å². The zero-order chi connectivity index (χ0) is 20.1. The predicted octanol–water partition coefficient (Wildman–Crippen LogP) is 6.37. The van der Waals surface area contributed by atoms with Crippen LogP contribution in [0.1, 0.15) is 36.8 Å². The van der Waals surface area contributed by atoms with Crippen molar-refractivity contribution in [3.05, 3.63) is 95.0 Å². The van der Waals surface area contributed by atoms with Crippen LogP contribution in [0, 0.1) is 0 Å². The van der Waals surface area contributed by atoms with Gasteiger partial charge in [0, 0.05) is 10.7 Å². The van der Waals surface area contributed by atoms with Gasteiger partial charge in [0.2, 0.25) is 5.91 Å². The van der Waals surface area contributed by atoms with Crippen LogP contribution in [-0.4, -0.2) is 5.91 Å². The van der Waals surface area contributed by atoms with Crippen molar-refractivity contribution in [1.29, 1.82) is 0 Å². The first-order valence-electron chi connectivity index (χ1n) is 10.0. The summed E-state index contributed by atoms with van der Waals surface area (Å²) in [5.41, 5.74) is 2.26. The minimum Gasteiger partial charge on any atom is -0.489 e. The number of hydrogen-bond donors (Lipinski definition) is 1. The predicted molar refractivity (Wildman–Crippen MR) is 117 cm³/mol. The van der Waals surface area contributed by atoms with Gasteiger partial charge in [-0.15, -0.1) is 0 Å². The van der Waals surface area contributed by atoms with Gasteiger partial charge in [-0.1, -0.05) is 73.0 Å². The summed E-state index contributed by atoms with van der Waals surface area (Å²) in [5.74, 6) is 0.787. The highest BCUT2D eigenvalue weighted by Crippen LogP contribution is 2.44. The van der Waals surface area contributed by atoms with Crippen molar-refractivity contribution in [3.8, 4) is 5.75 Å². The smallest absolute Gasteiger partial charge is 0.235 e. The van der Waals surface area contributed by atoms with Gasteiger partial charge in [-0.05, 0) is 54.3 Å². The summed E-state index contributed by atoms with van der Waals surface area (Å²) in [4.78, 5) is 13.3. The Bertz CT molecular complexity index is 964. The summed E-state index contributed by atoms with van der Waals surface area (Å²) < 4.78 is 5.83. The largest absolute Gasteiger partial charge is 0.489 e. The molecule has 29 heavy (non-hydrogen) atoms. The minimum atomic E-state index is -0.555. The van der Waals surface area contributed by atoms with Crippen molar-refractivity contribution < 1.29 is 9.53 Å². The van der Waals surface area contributed by atoms with Gasteiger partial charge in [0.25, 0.3) is 0 Å². The Morgan fingerprint density at radius 3 is 2.24 bits per heavy atom. The molecule has 0 heterocycles. The van der Waals surface area contributed by atoms with E-state index in [0.717, 1.165) is 48.2 Å². The van der Waals surface area contributed by atoms with Crippen molar-refractivity contribution in [1.82, 2.24) is 0 Å². The lowest BCUT2D eigenvalue weighted by atomic mass is 9.78. The zero-order valence-electron chi connectivity index (χ0n) is 16.2. The second kappa shape index (κ2) is 8.71. The third-order valence-electron chi connectivity index (χ3n) is 5.64. The van der Waals surface area contributed by atoms with Crippen LogP contribution < -0.4 is 10.1 Å². The Hall–Kier alpha value is -2.78. The molecule has 0 spiro atoms. The molecule has 0 atom stereocenters. The fourth-order valence-electron chi connectivity index (χ4n) is 4.07. The SMILES string of the molecule is O=C(Nc1ccc(OCc2ccccc2)cc1)C1(c2ccccc2Cl)CCCC1. The van der Waals surface area contributed by atoms with Gasteiger partial charge >= 0.3 is 0 Å². The van der Waals surface area contributed by atoms with E-state index in [9.17, 15) is 4.79 Å². The molecule has 4 heteroatoms. The average Bonchev–Trinajstić information content (AvgIpc) is 3.25. The van der Waals surface area contributed by atoms with Gasteiger partial charge in [-0.25, -0.2) is 0 Å². The van der Waals surface area contributed by atoms with Crippen LogP contribution in [0.15, 0.2) is 78.9 Å². The average molecular weight is 406 g/mol. The van der Waals surface area contributed by atoms with Crippen molar-refractivity contribution >= 4 is 23.2 Å². The lowest BCUT2D eigenvalue weighted by molar-refractivity contribution is -0.121.